The number of hydrogen-bond donors (Lipinski definition) is 1. The van der Waals surface area contributed by atoms with Gasteiger partial charge in [-0.25, -0.2) is 4.98 Å². The highest BCUT2D eigenvalue weighted by atomic mass is 32.1. The van der Waals surface area contributed by atoms with Crippen LogP contribution in [0.2, 0.25) is 0 Å². The molecule has 0 radical (unpaired) electrons. The van der Waals surface area contributed by atoms with Gasteiger partial charge in [0.15, 0.2) is 5.41 Å². The van der Waals surface area contributed by atoms with Crippen molar-refractivity contribution in [1.82, 2.24) is 4.98 Å². The fourth-order valence-electron chi connectivity index (χ4n) is 2.55. The van der Waals surface area contributed by atoms with Gasteiger partial charge in [-0.15, -0.1) is 11.3 Å². The van der Waals surface area contributed by atoms with Gasteiger partial charge in [-0.05, 0) is 12.8 Å². The molecular formula is C12H15NO3S. The number of carboxylic acids is 1. The Morgan fingerprint density at radius 2 is 2.18 bits per heavy atom. The second-order valence-corrected chi connectivity index (χ2v) is 5.82. The van der Waals surface area contributed by atoms with Gasteiger partial charge in [0, 0.05) is 11.3 Å². The maximum Gasteiger partial charge on any atom is 0.320 e. The number of thiazole rings is 1. The predicted molar refractivity (Wildman–Crippen MR) is 63.5 cm³/mol. The fraction of sp³-hybridized carbons (Fsp3) is 0.667. The van der Waals surface area contributed by atoms with Crippen LogP contribution in [-0.4, -0.2) is 29.3 Å². The minimum absolute atomic E-state index is 0.260. The van der Waals surface area contributed by atoms with Crippen molar-refractivity contribution in [3.63, 3.8) is 0 Å². The normalized spacial score (nSPS) is 23.5. The standard InChI is InChI=1S/C12H15NO3S/c14-11(15)12(6-16-7-12)9-5-17-10(13-9)8-3-1-2-4-8/h5,8H,1-4,6-7H2,(H,14,15). The number of hydrogen-bond acceptors (Lipinski definition) is 4. The number of carbonyl (C=O) groups is 1. The zero-order chi connectivity index (χ0) is 11.9. The van der Waals surface area contributed by atoms with Gasteiger partial charge in [0.25, 0.3) is 0 Å². The minimum atomic E-state index is -0.868. The first-order valence-corrected chi connectivity index (χ1v) is 6.87. The van der Waals surface area contributed by atoms with Crippen molar-refractivity contribution in [2.24, 2.45) is 0 Å². The van der Waals surface area contributed by atoms with E-state index in [0.29, 0.717) is 11.6 Å². The SMILES string of the molecule is O=C(O)C1(c2csc(C3CCCC3)n2)COC1. The maximum atomic E-state index is 11.3. The average Bonchev–Trinajstić information content (AvgIpc) is 2.83. The van der Waals surface area contributed by atoms with Crippen molar-refractivity contribution >= 4 is 17.3 Å². The molecule has 1 aliphatic carbocycles. The van der Waals surface area contributed by atoms with E-state index in [4.69, 9.17) is 4.74 Å². The molecule has 1 aliphatic heterocycles. The summed E-state index contributed by atoms with van der Waals surface area (Å²) in [6.45, 7) is 0.520. The molecule has 92 valence electrons. The summed E-state index contributed by atoms with van der Waals surface area (Å²) >= 11 is 1.61. The van der Waals surface area contributed by atoms with E-state index in [9.17, 15) is 9.90 Å². The number of aromatic nitrogens is 1. The zero-order valence-corrected chi connectivity index (χ0v) is 10.3. The molecule has 4 nitrogen and oxygen atoms in total. The topological polar surface area (TPSA) is 59.4 Å². The summed E-state index contributed by atoms with van der Waals surface area (Å²) in [5.74, 6) is -0.257. The lowest BCUT2D eigenvalue weighted by Gasteiger charge is -2.35. The largest absolute Gasteiger partial charge is 0.480 e. The van der Waals surface area contributed by atoms with Gasteiger partial charge in [-0.2, -0.15) is 0 Å². The Labute approximate surface area is 104 Å². The van der Waals surface area contributed by atoms with Crippen LogP contribution in [0, 0.1) is 0 Å². The Balaban J connectivity index is 1.86. The number of carboxylic acid groups (broad SMARTS) is 1. The van der Waals surface area contributed by atoms with Crippen molar-refractivity contribution in [2.45, 2.75) is 37.0 Å². The summed E-state index contributed by atoms with van der Waals surface area (Å²) in [5.41, 5.74) is -0.170. The molecule has 1 saturated heterocycles. The van der Waals surface area contributed by atoms with Crippen LogP contribution in [0.4, 0.5) is 0 Å². The molecule has 5 heteroatoms. The van der Waals surface area contributed by atoms with Crippen molar-refractivity contribution in [3.05, 3.63) is 16.1 Å². The van der Waals surface area contributed by atoms with Gasteiger partial charge in [0.05, 0.1) is 23.9 Å². The number of ether oxygens (including phenoxy) is 1. The summed E-state index contributed by atoms with van der Waals surface area (Å²) in [6.07, 6.45) is 4.94. The lowest BCUT2D eigenvalue weighted by atomic mass is 9.83. The van der Waals surface area contributed by atoms with Gasteiger partial charge >= 0.3 is 5.97 Å². The average molecular weight is 253 g/mol. The molecule has 1 N–H and O–H groups in total. The third kappa shape index (κ3) is 1.68. The van der Waals surface area contributed by atoms with Crippen LogP contribution in [0.15, 0.2) is 5.38 Å². The molecule has 0 bridgehead atoms. The van der Waals surface area contributed by atoms with Crippen LogP contribution in [0.5, 0.6) is 0 Å². The second kappa shape index (κ2) is 4.07. The Morgan fingerprint density at radius 3 is 2.71 bits per heavy atom. The van der Waals surface area contributed by atoms with Crippen LogP contribution < -0.4 is 0 Å². The molecule has 2 aliphatic rings. The third-order valence-electron chi connectivity index (χ3n) is 3.82. The molecule has 3 rings (SSSR count). The van der Waals surface area contributed by atoms with E-state index >= 15 is 0 Å². The van der Waals surface area contributed by atoms with E-state index < -0.39 is 11.4 Å². The van der Waals surface area contributed by atoms with Gasteiger partial charge in [-0.1, -0.05) is 12.8 Å². The van der Waals surface area contributed by atoms with Crippen molar-refractivity contribution in [2.75, 3.05) is 13.2 Å². The first-order chi connectivity index (χ1) is 8.22. The van der Waals surface area contributed by atoms with Crippen LogP contribution in [0.1, 0.15) is 42.3 Å². The first kappa shape index (κ1) is 11.2. The van der Waals surface area contributed by atoms with E-state index in [1.165, 1.54) is 25.7 Å². The van der Waals surface area contributed by atoms with Crippen molar-refractivity contribution in [3.8, 4) is 0 Å². The summed E-state index contributed by atoms with van der Waals surface area (Å²) in [4.78, 5) is 15.9. The van der Waals surface area contributed by atoms with Crippen LogP contribution >= 0.6 is 11.3 Å². The van der Waals surface area contributed by atoms with Gasteiger partial charge < -0.3 is 9.84 Å². The molecule has 1 aromatic rings. The monoisotopic (exact) mass is 253 g/mol. The molecule has 0 spiro atoms. The molecule has 0 unspecified atom stereocenters. The van der Waals surface area contributed by atoms with E-state index in [0.717, 1.165) is 5.01 Å². The molecule has 0 aromatic carbocycles. The van der Waals surface area contributed by atoms with Crippen LogP contribution in [0.25, 0.3) is 0 Å². The van der Waals surface area contributed by atoms with Gasteiger partial charge in [-0.3, -0.25) is 4.79 Å². The summed E-state index contributed by atoms with van der Waals surface area (Å²) < 4.78 is 5.07. The molecule has 0 amide bonds. The summed E-state index contributed by atoms with van der Waals surface area (Å²) in [5, 5.41) is 12.3. The molecule has 2 heterocycles. The fourth-order valence-corrected chi connectivity index (χ4v) is 3.64. The molecule has 0 atom stereocenters. The molecule has 17 heavy (non-hydrogen) atoms. The Kier molecular flexibility index (Phi) is 2.67. The lowest BCUT2D eigenvalue weighted by molar-refractivity contribution is -0.163. The minimum Gasteiger partial charge on any atom is -0.480 e. The van der Waals surface area contributed by atoms with E-state index in [2.05, 4.69) is 4.98 Å². The molecule has 1 saturated carbocycles. The quantitative estimate of drug-likeness (QED) is 0.896. The van der Waals surface area contributed by atoms with Crippen molar-refractivity contribution in [1.29, 1.82) is 0 Å². The van der Waals surface area contributed by atoms with Gasteiger partial charge in [0.1, 0.15) is 0 Å². The third-order valence-corrected chi connectivity index (χ3v) is 4.83. The van der Waals surface area contributed by atoms with Crippen LogP contribution in [-0.2, 0) is 14.9 Å². The van der Waals surface area contributed by atoms with E-state index in [1.54, 1.807) is 11.3 Å². The van der Waals surface area contributed by atoms with E-state index in [-0.39, 0.29) is 13.2 Å². The zero-order valence-electron chi connectivity index (χ0n) is 9.52. The number of rotatable bonds is 3. The van der Waals surface area contributed by atoms with Gasteiger partial charge in [0.2, 0.25) is 0 Å². The summed E-state index contributed by atoms with van der Waals surface area (Å²) in [6, 6.07) is 0. The Morgan fingerprint density at radius 1 is 1.47 bits per heavy atom. The second-order valence-electron chi connectivity index (χ2n) is 4.93. The van der Waals surface area contributed by atoms with Crippen molar-refractivity contribution < 1.29 is 14.6 Å². The number of aliphatic carboxylic acids is 1. The molecular weight excluding hydrogens is 238 g/mol. The maximum absolute atomic E-state index is 11.3. The Bertz CT molecular complexity index is 433. The highest BCUT2D eigenvalue weighted by Crippen LogP contribution is 2.39. The highest BCUT2D eigenvalue weighted by molar-refractivity contribution is 7.09. The van der Waals surface area contributed by atoms with E-state index in [1.807, 2.05) is 5.38 Å². The predicted octanol–water partition coefficient (Wildman–Crippen LogP) is 2.15. The first-order valence-electron chi connectivity index (χ1n) is 5.99. The van der Waals surface area contributed by atoms with Crippen LogP contribution in [0.3, 0.4) is 0 Å². The molecule has 2 fully saturated rings. The lowest BCUT2D eigenvalue weighted by Crippen LogP contribution is -2.53. The number of nitrogens with zero attached hydrogens (tertiary/aromatic N) is 1. The molecule has 1 aromatic heterocycles. The highest BCUT2D eigenvalue weighted by Gasteiger charge is 2.50. The Hall–Kier alpha value is -0.940. The summed E-state index contributed by atoms with van der Waals surface area (Å²) in [7, 11) is 0. The smallest absolute Gasteiger partial charge is 0.320 e.